The number of ether oxygens (including phenoxy) is 1. The Bertz CT molecular complexity index is 1090. The summed E-state index contributed by atoms with van der Waals surface area (Å²) in [4.78, 5) is 11.9. The number of fused-ring (bicyclic) bond motifs is 7. The van der Waals surface area contributed by atoms with Gasteiger partial charge in [0.15, 0.2) is 0 Å². The van der Waals surface area contributed by atoms with E-state index >= 15 is 0 Å². The molecular formula is C33H45FO2. The third kappa shape index (κ3) is 3.43. The number of methoxy groups -OCH3 is 1. The van der Waals surface area contributed by atoms with Crippen molar-refractivity contribution in [3.05, 3.63) is 41.2 Å². The van der Waals surface area contributed by atoms with Crippen LogP contribution in [0.2, 0.25) is 0 Å². The Morgan fingerprint density at radius 2 is 1.67 bits per heavy atom. The van der Waals surface area contributed by atoms with Crippen LogP contribution < -0.4 is 0 Å². The minimum absolute atomic E-state index is 0.0171. The van der Waals surface area contributed by atoms with Crippen LogP contribution >= 0.6 is 0 Å². The van der Waals surface area contributed by atoms with Gasteiger partial charge in [-0.25, -0.2) is 9.18 Å². The third-order valence-electron chi connectivity index (χ3n) is 12.6. The number of esters is 1. The summed E-state index contributed by atoms with van der Waals surface area (Å²) in [6.45, 7) is 10.0. The van der Waals surface area contributed by atoms with Crippen molar-refractivity contribution in [3.8, 4) is 0 Å². The Kier molecular flexibility index (Phi) is 5.78. The van der Waals surface area contributed by atoms with Crippen LogP contribution in [0.15, 0.2) is 24.3 Å². The minimum Gasteiger partial charge on any atom is -0.465 e. The highest BCUT2D eigenvalue weighted by molar-refractivity contribution is 5.90. The maximum Gasteiger partial charge on any atom is 0.340 e. The summed E-state index contributed by atoms with van der Waals surface area (Å²) in [6, 6.07) is 5.07. The molecule has 0 spiro atoms. The first-order valence-electron chi connectivity index (χ1n) is 14.7. The van der Waals surface area contributed by atoms with Crippen molar-refractivity contribution in [2.75, 3.05) is 7.11 Å². The Hall–Kier alpha value is -1.64. The zero-order valence-electron chi connectivity index (χ0n) is 23.0. The molecule has 8 atom stereocenters. The predicted molar refractivity (Wildman–Crippen MR) is 143 cm³/mol. The van der Waals surface area contributed by atoms with E-state index < -0.39 is 11.8 Å². The van der Waals surface area contributed by atoms with Crippen molar-refractivity contribution in [3.63, 3.8) is 0 Å². The van der Waals surface area contributed by atoms with E-state index in [1.165, 1.54) is 70.5 Å². The van der Waals surface area contributed by atoms with Crippen LogP contribution in [0.25, 0.3) is 5.57 Å². The Morgan fingerprint density at radius 3 is 2.42 bits per heavy atom. The number of benzene rings is 1. The highest BCUT2D eigenvalue weighted by Gasteiger charge is 2.60. The normalized spacial score (nSPS) is 42.9. The molecule has 5 aliphatic carbocycles. The summed E-state index contributed by atoms with van der Waals surface area (Å²) in [5.74, 6) is 4.14. The predicted octanol–water partition coefficient (Wildman–Crippen LogP) is 8.70. The molecule has 2 nitrogen and oxygen atoms in total. The van der Waals surface area contributed by atoms with E-state index in [1.807, 2.05) is 6.07 Å². The number of rotatable bonds is 2. The van der Waals surface area contributed by atoms with Gasteiger partial charge in [-0.1, -0.05) is 46.3 Å². The van der Waals surface area contributed by atoms with E-state index in [2.05, 4.69) is 33.8 Å². The lowest BCUT2D eigenvalue weighted by Gasteiger charge is -2.64. The van der Waals surface area contributed by atoms with E-state index in [0.29, 0.717) is 16.7 Å². The third-order valence-corrected chi connectivity index (χ3v) is 12.6. The number of carbonyl (C=O) groups is 1. The lowest BCUT2D eigenvalue weighted by molar-refractivity contribution is -0.127. The highest BCUT2D eigenvalue weighted by Crippen LogP contribution is 2.69. The van der Waals surface area contributed by atoms with E-state index in [1.54, 1.807) is 12.1 Å². The molecular weight excluding hydrogens is 447 g/mol. The summed E-state index contributed by atoms with van der Waals surface area (Å²) in [5, 5.41) is 0. The maximum atomic E-state index is 14.9. The molecule has 4 fully saturated rings. The van der Waals surface area contributed by atoms with Crippen LogP contribution in [0.4, 0.5) is 4.39 Å². The summed E-state index contributed by atoms with van der Waals surface area (Å²) in [6.07, 6.45) is 16.4. The van der Waals surface area contributed by atoms with Gasteiger partial charge in [0.25, 0.3) is 0 Å². The van der Waals surface area contributed by atoms with Gasteiger partial charge in [-0.15, -0.1) is 0 Å². The lowest BCUT2D eigenvalue weighted by atomic mass is 9.41. The first-order valence-corrected chi connectivity index (χ1v) is 14.7. The highest BCUT2D eigenvalue weighted by atomic mass is 19.1. The molecule has 1 aromatic carbocycles. The van der Waals surface area contributed by atoms with Crippen LogP contribution in [0, 0.1) is 57.6 Å². The molecule has 6 unspecified atom stereocenters. The van der Waals surface area contributed by atoms with Crippen molar-refractivity contribution in [2.45, 2.75) is 91.9 Å². The molecule has 0 heterocycles. The Morgan fingerprint density at radius 1 is 0.917 bits per heavy atom. The van der Waals surface area contributed by atoms with Gasteiger partial charge in [0.1, 0.15) is 5.82 Å². The van der Waals surface area contributed by atoms with Gasteiger partial charge in [0.2, 0.25) is 0 Å². The van der Waals surface area contributed by atoms with Crippen molar-refractivity contribution < 1.29 is 13.9 Å². The molecule has 6 rings (SSSR count). The van der Waals surface area contributed by atoms with Crippen LogP contribution in [0.5, 0.6) is 0 Å². The maximum absolute atomic E-state index is 14.9. The molecule has 5 aliphatic rings. The van der Waals surface area contributed by atoms with Crippen molar-refractivity contribution in [1.82, 2.24) is 0 Å². The molecule has 36 heavy (non-hydrogen) atoms. The van der Waals surface area contributed by atoms with Gasteiger partial charge in [-0.2, -0.15) is 0 Å². The second-order valence-electron chi connectivity index (χ2n) is 14.2. The summed E-state index contributed by atoms with van der Waals surface area (Å²) in [5.41, 5.74) is 3.13. The minimum atomic E-state index is -0.613. The molecule has 0 saturated heterocycles. The topological polar surface area (TPSA) is 26.3 Å². The fourth-order valence-corrected chi connectivity index (χ4v) is 11.0. The molecule has 4 saturated carbocycles. The Balaban J connectivity index is 1.29. The van der Waals surface area contributed by atoms with Crippen molar-refractivity contribution in [1.29, 1.82) is 0 Å². The molecule has 0 radical (unpaired) electrons. The van der Waals surface area contributed by atoms with Crippen molar-refractivity contribution >= 4 is 11.5 Å². The SMILES string of the molecule is COC(=O)c1ccc(C2=CC[C@]3(C)C4CCC5C(CC[C@@]6(C)CCCC56)C4CCC3C2(C)C)cc1F. The van der Waals surface area contributed by atoms with Gasteiger partial charge in [0, 0.05) is 0 Å². The molecule has 0 bridgehead atoms. The quantitative estimate of drug-likeness (QED) is 0.386. The molecule has 196 valence electrons. The number of allylic oxidation sites excluding steroid dienone is 2. The number of carbonyl (C=O) groups excluding carboxylic acids is 1. The second kappa shape index (κ2) is 8.43. The van der Waals surface area contributed by atoms with E-state index in [-0.39, 0.29) is 11.0 Å². The average Bonchev–Trinajstić information content (AvgIpc) is 3.25. The summed E-state index contributed by atoms with van der Waals surface area (Å²) >= 11 is 0. The Labute approximate surface area is 217 Å². The second-order valence-corrected chi connectivity index (χ2v) is 14.2. The monoisotopic (exact) mass is 492 g/mol. The molecule has 0 amide bonds. The van der Waals surface area contributed by atoms with Gasteiger partial charge < -0.3 is 4.74 Å². The summed E-state index contributed by atoms with van der Waals surface area (Å²) in [7, 11) is 1.30. The number of hydrogen-bond donors (Lipinski definition) is 0. The van der Waals surface area contributed by atoms with Crippen LogP contribution in [-0.2, 0) is 4.74 Å². The largest absolute Gasteiger partial charge is 0.465 e. The fourth-order valence-electron chi connectivity index (χ4n) is 11.0. The van der Waals surface area contributed by atoms with Gasteiger partial charge in [0.05, 0.1) is 12.7 Å². The molecule has 3 heteroatoms. The fraction of sp³-hybridized carbons (Fsp3) is 0.727. The van der Waals surface area contributed by atoms with Crippen molar-refractivity contribution in [2.24, 2.45) is 51.8 Å². The zero-order chi connectivity index (χ0) is 25.5. The molecule has 0 aromatic heterocycles. The lowest BCUT2D eigenvalue weighted by Crippen LogP contribution is -2.56. The molecule has 1 aromatic rings. The standard InChI is InChI=1S/C33H45FO2/c1-31(2)25(20-8-9-24(28(34)19-20)30(35)36-5)15-18-33(4)27-12-10-22-21(23(27)11-13-29(31)33)14-17-32(3)16-6-7-26(22)32/h8-9,15,19,21-23,26-27,29H,6-7,10-14,16-18H2,1-5H3/t21?,22?,23?,26?,27?,29?,32-,33-/m1/s1. The molecule has 0 aliphatic heterocycles. The first kappa shape index (κ1) is 24.7. The summed E-state index contributed by atoms with van der Waals surface area (Å²) < 4.78 is 19.6. The average molecular weight is 493 g/mol. The van der Waals surface area contributed by atoms with Gasteiger partial charge in [-0.05, 0) is 133 Å². The van der Waals surface area contributed by atoms with Crippen LogP contribution in [0.1, 0.15) is 108 Å². The first-order chi connectivity index (χ1) is 17.1. The number of halogens is 1. The van der Waals surface area contributed by atoms with Gasteiger partial charge >= 0.3 is 5.97 Å². The van der Waals surface area contributed by atoms with Crippen LogP contribution in [-0.4, -0.2) is 13.1 Å². The smallest absolute Gasteiger partial charge is 0.340 e. The zero-order valence-corrected chi connectivity index (χ0v) is 23.0. The van der Waals surface area contributed by atoms with Gasteiger partial charge in [-0.3, -0.25) is 0 Å². The van der Waals surface area contributed by atoms with E-state index in [0.717, 1.165) is 41.6 Å². The van der Waals surface area contributed by atoms with E-state index in [9.17, 15) is 9.18 Å². The van der Waals surface area contributed by atoms with Crippen LogP contribution in [0.3, 0.4) is 0 Å². The molecule has 0 N–H and O–H groups in total. The van der Waals surface area contributed by atoms with E-state index in [4.69, 9.17) is 4.74 Å². The number of hydrogen-bond acceptors (Lipinski definition) is 2.